The van der Waals surface area contributed by atoms with Crippen LogP contribution in [0.5, 0.6) is 5.75 Å². The molecule has 0 saturated carbocycles. The minimum atomic E-state index is -4.41. The maximum atomic E-state index is 13.4. The fourth-order valence-electron chi connectivity index (χ4n) is 2.78. The molecule has 0 amide bonds. The molecule has 6 nitrogen and oxygen atoms in total. The zero-order valence-electron chi connectivity index (χ0n) is 15.5. The lowest BCUT2D eigenvalue weighted by Crippen LogP contribution is -2.06. The summed E-state index contributed by atoms with van der Waals surface area (Å²) in [6.07, 6.45) is -2.90. The van der Waals surface area contributed by atoms with Crippen LogP contribution in [0.1, 0.15) is 11.3 Å². The first-order chi connectivity index (χ1) is 14.3. The first-order valence-corrected chi connectivity index (χ1v) is 8.72. The fraction of sp³-hybridized carbons (Fsp3) is 0.150. The van der Waals surface area contributed by atoms with Crippen molar-refractivity contribution in [1.29, 1.82) is 0 Å². The van der Waals surface area contributed by atoms with E-state index in [0.29, 0.717) is 16.8 Å². The molecule has 2 aromatic carbocycles. The first kappa shape index (κ1) is 19.6. The Labute approximate surface area is 167 Å². The second kappa shape index (κ2) is 7.62. The van der Waals surface area contributed by atoms with Gasteiger partial charge >= 0.3 is 6.18 Å². The molecule has 0 aliphatic rings. The Hall–Kier alpha value is -3.69. The van der Waals surface area contributed by atoms with E-state index in [2.05, 4.69) is 15.2 Å². The van der Waals surface area contributed by atoms with E-state index in [0.717, 1.165) is 12.1 Å². The maximum Gasteiger partial charge on any atom is 0.416 e. The van der Waals surface area contributed by atoms with Gasteiger partial charge in [0.15, 0.2) is 0 Å². The Morgan fingerprint density at radius 3 is 2.57 bits per heavy atom. The van der Waals surface area contributed by atoms with Crippen LogP contribution in [-0.2, 0) is 19.8 Å². The van der Waals surface area contributed by atoms with E-state index in [1.54, 1.807) is 13.1 Å². The fourth-order valence-corrected chi connectivity index (χ4v) is 2.78. The molecule has 30 heavy (non-hydrogen) atoms. The van der Waals surface area contributed by atoms with Crippen molar-refractivity contribution >= 4 is 0 Å². The van der Waals surface area contributed by atoms with Crippen molar-refractivity contribution in [2.75, 3.05) is 0 Å². The minimum absolute atomic E-state index is 0.00881. The van der Waals surface area contributed by atoms with E-state index in [9.17, 15) is 17.6 Å². The van der Waals surface area contributed by atoms with Crippen LogP contribution in [-0.4, -0.2) is 19.9 Å². The molecule has 0 N–H and O–H groups in total. The summed E-state index contributed by atoms with van der Waals surface area (Å²) >= 11 is 0. The highest BCUT2D eigenvalue weighted by Gasteiger charge is 2.30. The summed E-state index contributed by atoms with van der Waals surface area (Å²) in [6.45, 7) is 0.00881. The molecule has 2 aromatic heterocycles. The molecular formula is C20H14F4N4O2. The molecule has 0 atom stereocenters. The van der Waals surface area contributed by atoms with E-state index in [1.165, 1.54) is 41.2 Å². The number of aromatic nitrogens is 4. The third-order valence-corrected chi connectivity index (χ3v) is 4.36. The smallest absolute Gasteiger partial charge is 0.416 e. The zero-order valence-corrected chi connectivity index (χ0v) is 15.5. The lowest BCUT2D eigenvalue weighted by molar-refractivity contribution is -0.137. The molecule has 0 spiro atoms. The number of ether oxygens (including phenoxy) is 1. The maximum absolute atomic E-state index is 13.4. The number of alkyl halides is 3. The summed E-state index contributed by atoms with van der Waals surface area (Å²) in [5.74, 6) is 0.211. The molecule has 4 rings (SSSR count). The van der Waals surface area contributed by atoms with Crippen molar-refractivity contribution < 1.29 is 26.8 Å². The van der Waals surface area contributed by atoms with Gasteiger partial charge in [0, 0.05) is 12.6 Å². The van der Waals surface area contributed by atoms with Gasteiger partial charge in [-0.3, -0.25) is 4.68 Å². The van der Waals surface area contributed by atoms with Gasteiger partial charge in [0.2, 0.25) is 5.82 Å². The molecular weight excluding hydrogens is 404 g/mol. The van der Waals surface area contributed by atoms with Gasteiger partial charge in [-0.15, -0.1) is 0 Å². The standard InChI is InChI=1S/C20H14F4N4O2/c1-28-17(11-29-15-7-5-13(6-8-15)20(22,23)24)16(10-25-28)19-26-18(27-30-19)12-3-2-4-14(21)9-12/h2-10H,11H2,1H3. The molecule has 0 aliphatic carbocycles. The average molecular weight is 418 g/mol. The lowest BCUT2D eigenvalue weighted by atomic mass is 10.2. The van der Waals surface area contributed by atoms with Crippen LogP contribution in [0.15, 0.2) is 59.3 Å². The second-order valence-corrected chi connectivity index (χ2v) is 6.37. The summed E-state index contributed by atoms with van der Waals surface area (Å²) in [6, 6.07) is 10.2. The van der Waals surface area contributed by atoms with E-state index in [-0.39, 0.29) is 24.1 Å². The summed E-state index contributed by atoms with van der Waals surface area (Å²) < 4.78 is 63.9. The Balaban J connectivity index is 1.54. The SMILES string of the molecule is Cn1ncc(-c2nc(-c3cccc(F)c3)no2)c1COc1ccc(C(F)(F)F)cc1. The van der Waals surface area contributed by atoms with Crippen molar-refractivity contribution in [1.82, 2.24) is 19.9 Å². The third-order valence-electron chi connectivity index (χ3n) is 4.36. The molecule has 2 heterocycles. The van der Waals surface area contributed by atoms with Gasteiger partial charge in [0.05, 0.1) is 23.0 Å². The highest BCUT2D eigenvalue weighted by molar-refractivity contribution is 5.60. The Bertz CT molecular complexity index is 1170. The van der Waals surface area contributed by atoms with Gasteiger partial charge in [-0.1, -0.05) is 17.3 Å². The van der Waals surface area contributed by atoms with Crippen LogP contribution in [0, 0.1) is 5.82 Å². The molecule has 0 unspecified atom stereocenters. The van der Waals surface area contributed by atoms with Crippen LogP contribution in [0.4, 0.5) is 17.6 Å². The van der Waals surface area contributed by atoms with Gasteiger partial charge in [-0.2, -0.15) is 23.3 Å². The van der Waals surface area contributed by atoms with Crippen LogP contribution in [0.2, 0.25) is 0 Å². The first-order valence-electron chi connectivity index (χ1n) is 8.72. The van der Waals surface area contributed by atoms with Gasteiger partial charge in [0.1, 0.15) is 18.2 Å². The quantitative estimate of drug-likeness (QED) is 0.433. The highest BCUT2D eigenvalue weighted by Crippen LogP contribution is 2.31. The van der Waals surface area contributed by atoms with Gasteiger partial charge in [-0.05, 0) is 36.4 Å². The molecule has 0 radical (unpaired) electrons. The predicted molar refractivity (Wildman–Crippen MR) is 97.7 cm³/mol. The molecule has 154 valence electrons. The Kier molecular flexibility index (Phi) is 4.98. The summed E-state index contributed by atoms with van der Waals surface area (Å²) in [4.78, 5) is 4.28. The van der Waals surface area contributed by atoms with Crippen molar-refractivity contribution in [2.24, 2.45) is 7.05 Å². The number of rotatable bonds is 5. The van der Waals surface area contributed by atoms with Gasteiger partial charge in [0.25, 0.3) is 5.89 Å². The number of hydrogen-bond acceptors (Lipinski definition) is 5. The second-order valence-electron chi connectivity index (χ2n) is 6.37. The number of nitrogens with zero attached hydrogens (tertiary/aromatic N) is 4. The molecule has 4 aromatic rings. The molecule has 0 fully saturated rings. The van der Waals surface area contributed by atoms with Gasteiger partial charge in [-0.25, -0.2) is 4.39 Å². The average Bonchev–Trinajstić information content (AvgIpc) is 3.33. The number of halogens is 4. The molecule has 0 bridgehead atoms. The topological polar surface area (TPSA) is 66.0 Å². The summed E-state index contributed by atoms with van der Waals surface area (Å²) in [5.41, 5.74) is 0.771. The van der Waals surface area contributed by atoms with Crippen molar-refractivity contribution in [2.45, 2.75) is 12.8 Å². The summed E-state index contributed by atoms with van der Waals surface area (Å²) in [5, 5.41) is 8.02. The van der Waals surface area contributed by atoms with E-state index >= 15 is 0 Å². The van der Waals surface area contributed by atoms with Crippen LogP contribution >= 0.6 is 0 Å². The van der Waals surface area contributed by atoms with E-state index in [1.807, 2.05) is 0 Å². The number of aryl methyl sites for hydroxylation is 1. The monoisotopic (exact) mass is 418 g/mol. The Morgan fingerprint density at radius 1 is 1.10 bits per heavy atom. The van der Waals surface area contributed by atoms with E-state index < -0.39 is 17.6 Å². The minimum Gasteiger partial charge on any atom is -0.487 e. The van der Waals surface area contributed by atoms with E-state index in [4.69, 9.17) is 9.26 Å². The number of benzene rings is 2. The normalized spacial score (nSPS) is 11.6. The molecule has 10 heteroatoms. The van der Waals surface area contributed by atoms with Crippen LogP contribution in [0.25, 0.3) is 22.8 Å². The molecule has 0 saturated heterocycles. The molecule has 0 aliphatic heterocycles. The van der Waals surface area contributed by atoms with Crippen LogP contribution < -0.4 is 4.74 Å². The third kappa shape index (κ3) is 4.02. The summed E-state index contributed by atoms with van der Waals surface area (Å²) in [7, 11) is 1.68. The zero-order chi connectivity index (χ0) is 21.3. The number of hydrogen-bond donors (Lipinski definition) is 0. The largest absolute Gasteiger partial charge is 0.487 e. The van der Waals surface area contributed by atoms with Crippen molar-refractivity contribution in [3.8, 4) is 28.6 Å². The predicted octanol–water partition coefficient (Wildman–Crippen LogP) is 4.87. The van der Waals surface area contributed by atoms with Crippen molar-refractivity contribution in [3.05, 3.63) is 71.8 Å². The van der Waals surface area contributed by atoms with Crippen molar-refractivity contribution in [3.63, 3.8) is 0 Å². The highest BCUT2D eigenvalue weighted by atomic mass is 19.4. The lowest BCUT2D eigenvalue weighted by Gasteiger charge is -2.10. The van der Waals surface area contributed by atoms with Crippen LogP contribution in [0.3, 0.4) is 0 Å². The Morgan fingerprint density at radius 2 is 1.87 bits per heavy atom. The van der Waals surface area contributed by atoms with Gasteiger partial charge < -0.3 is 9.26 Å².